The number of benzene rings is 1. The topological polar surface area (TPSA) is 12.9 Å². The van der Waals surface area contributed by atoms with E-state index in [1.165, 1.54) is 0 Å². The molecule has 2 rings (SSSR count). The summed E-state index contributed by atoms with van der Waals surface area (Å²) in [5.74, 6) is 1.04. The Labute approximate surface area is 92.5 Å². The molecule has 0 atom stereocenters. The Morgan fingerprint density at radius 2 is 2.14 bits per heavy atom. The van der Waals surface area contributed by atoms with Gasteiger partial charge in [-0.2, -0.15) is 0 Å². The number of halogens is 1. The zero-order chi connectivity index (χ0) is 9.97. The Balaban J connectivity index is 2.52. The second kappa shape index (κ2) is 4.20. The quantitative estimate of drug-likeness (QED) is 0.714. The molecule has 0 aliphatic carbocycles. The zero-order valence-electron chi connectivity index (χ0n) is 7.83. The molecule has 0 aliphatic rings. The molecule has 0 bridgehead atoms. The summed E-state index contributed by atoms with van der Waals surface area (Å²) in [5.41, 5.74) is 0. The summed E-state index contributed by atoms with van der Waals surface area (Å²) in [6.07, 6.45) is 1.89. The van der Waals surface area contributed by atoms with Crippen LogP contribution in [-0.4, -0.2) is 10.7 Å². The number of hydrogen-bond acceptors (Lipinski definition) is 2. The van der Waals surface area contributed by atoms with Crippen LogP contribution in [0, 0.1) is 0 Å². The van der Waals surface area contributed by atoms with Crippen LogP contribution < -0.4 is 0 Å². The molecule has 0 radical (unpaired) electrons. The molecule has 1 heterocycles. The molecule has 1 aromatic carbocycles. The fourth-order valence-corrected chi connectivity index (χ4v) is 2.13. The van der Waals surface area contributed by atoms with Crippen LogP contribution in [-0.2, 0) is 0 Å². The molecule has 0 fully saturated rings. The molecule has 0 saturated heterocycles. The van der Waals surface area contributed by atoms with Gasteiger partial charge in [-0.25, -0.2) is 4.98 Å². The smallest absolute Gasteiger partial charge is 0.0966 e. The lowest BCUT2D eigenvalue weighted by atomic mass is 10.2. The van der Waals surface area contributed by atoms with E-state index in [1.54, 1.807) is 11.8 Å². The number of hydrogen-bond donors (Lipinski definition) is 0. The summed E-state index contributed by atoms with van der Waals surface area (Å²) in [4.78, 5) is 4.35. The van der Waals surface area contributed by atoms with E-state index in [4.69, 9.17) is 11.6 Å². The first-order chi connectivity index (χ1) is 6.79. The third kappa shape index (κ3) is 2.02. The van der Waals surface area contributed by atoms with Gasteiger partial charge in [0, 0.05) is 16.6 Å². The van der Waals surface area contributed by atoms with E-state index >= 15 is 0 Å². The van der Waals surface area contributed by atoms with Gasteiger partial charge in [0.1, 0.15) is 0 Å². The summed E-state index contributed by atoms with van der Waals surface area (Å²) >= 11 is 7.66. The predicted octanol–water partition coefficient (Wildman–Crippen LogP) is 4.00. The van der Waals surface area contributed by atoms with Crippen LogP contribution in [0.3, 0.4) is 0 Å². The standard InChI is InChI=1S/C11H10ClNS/c1-2-14-11-6-9-5-10(12)4-3-8(9)7-13-11/h3-7H,2H2,1H3. The molecule has 0 saturated carbocycles. The molecular weight excluding hydrogens is 214 g/mol. The Morgan fingerprint density at radius 1 is 1.29 bits per heavy atom. The summed E-state index contributed by atoms with van der Waals surface area (Å²) in [5, 5.41) is 4.12. The van der Waals surface area contributed by atoms with Crippen molar-refractivity contribution in [1.29, 1.82) is 0 Å². The van der Waals surface area contributed by atoms with Crippen LogP contribution in [0.5, 0.6) is 0 Å². The highest BCUT2D eigenvalue weighted by Gasteiger charge is 1.98. The van der Waals surface area contributed by atoms with Crippen LogP contribution in [0.25, 0.3) is 10.8 Å². The fraction of sp³-hybridized carbons (Fsp3) is 0.182. The maximum absolute atomic E-state index is 5.92. The van der Waals surface area contributed by atoms with Crippen molar-refractivity contribution in [3.05, 3.63) is 35.5 Å². The van der Waals surface area contributed by atoms with Crippen molar-refractivity contribution in [2.24, 2.45) is 0 Å². The van der Waals surface area contributed by atoms with Gasteiger partial charge in [-0.1, -0.05) is 24.6 Å². The highest BCUT2D eigenvalue weighted by atomic mass is 35.5. The van der Waals surface area contributed by atoms with Gasteiger partial charge in [-0.15, -0.1) is 11.8 Å². The lowest BCUT2D eigenvalue weighted by Gasteiger charge is -2.01. The molecule has 1 aromatic heterocycles. The molecule has 0 spiro atoms. The van der Waals surface area contributed by atoms with E-state index in [-0.39, 0.29) is 0 Å². The van der Waals surface area contributed by atoms with Crippen molar-refractivity contribution >= 4 is 34.1 Å². The van der Waals surface area contributed by atoms with Crippen molar-refractivity contribution in [2.75, 3.05) is 5.75 Å². The lowest BCUT2D eigenvalue weighted by Crippen LogP contribution is -1.81. The molecule has 3 heteroatoms. The normalized spacial score (nSPS) is 10.7. The minimum atomic E-state index is 0.774. The Bertz CT molecular complexity index is 456. The Morgan fingerprint density at radius 3 is 2.93 bits per heavy atom. The Hall–Kier alpha value is -0.730. The predicted molar refractivity (Wildman–Crippen MR) is 63.2 cm³/mol. The first-order valence-electron chi connectivity index (χ1n) is 4.47. The van der Waals surface area contributed by atoms with Gasteiger partial charge >= 0.3 is 0 Å². The summed E-state index contributed by atoms with van der Waals surface area (Å²) in [6, 6.07) is 7.93. The second-order valence-corrected chi connectivity index (χ2v) is 4.67. The molecule has 1 nitrogen and oxygen atoms in total. The minimum Gasteiger partial charge on any atom is -0.249 e. The van der Waals surface area contributed by atoms with Crippen LogP contribution in [0.4, 0.5) is 0 Å². The first kappa shape index (κ1) is 9.81. The van der Waals surface area contributed by atoms with Gasteiger partial charge in [-0.3, -0.25) is 0 Å². The SMILES string of the molecule is CCSc1cc2cc(Cl)ccc2cn1. The summed E-state index contributed by atoms with van der Waals surface area (Å²) in [6.45, 7) is 2.12. The van der Waals surface area contributed by atoms with E-state index in [0.717, 1.165) is 26.6 Å². The number of pyridine rings is 1. The number of aromatic nitrogens is 1. The monoisotopic (exact) mass is 223 g/mol. The summed E-state index contributed by atoms with van der Waals surface area (Å²) < 4.78 is 0. The van der Waals surface area contributed by atoms with Crippen molar-refractivity contribution in [1.82, 2.24) is 4.98 Å². The van der Waals surface area contributed by atoms with E-state index < -0.39 is 0 Å². The number of rotatable bonds is 2. The van der Waals surface area contributed by atoms with Crippen LogP contribution >= 0.6 is 23.4 Å². The average molecular weight is 224 g/mol. The maximum Gasteiger partial charge on any atom is 0.0966 e. The van der Waals surface area contributed by atoms with Gasteiger partial charge in [0.25, 0.3) is 0 Å². The van der Waals surface area contributed by atoms with Gasteiger partial charge in [0.05, 0.1) is 5.03 Å². The average Bonchev–Trinajstić information content (AvgIpc) is 2.17. The number of nitrogens with zero attached hydrogens (tertiary/aromatic N) is 1. The third-order valence-electron chi connectivity index (χ3n) is 1.95. The highest BCUT2D eigenvalue weighted by Crippen LogP contribution is 2.23. The van der Waals surface area contributed by atoms with Crippen molar-refractivity contribution in [3.8, 4) is 0 Å². The molecule has 0 aliphatic heterocycles. The van der Waals surface area contributed by atoms with Gasteiger partial charge in [-0.05, 0) is 29.3 Å². The zero-order valence-corrected chi connectivity index (χ0v) is 9.40. The Kier molecular flexibility index (Phi) is 2.94. The fourth-order valence-electron chi connectivity index (χ4n) is 1.32. The van der Waals surface area contributed by atoms with Crippen LogP contribution in [0.1, 0.15) is 6.92 Å². The molecule has 2 aromatic rings. The second-order valence-electron chi connectivity index (χ2n) is 2.95. The summed E-state index contributed by atoms with van der Waals surface area (Å²) in [7, 11) is 0. The van der Waals surface area contributed by atoms with E-state index in [2.05, 4.69) is 18.0 Å². The molecule has 0 N–H and O–H groups in total. The van der Waals surface area contributed by atoms with Crippen molar-refractivity contribution in [3.63, 3.8) is 0 Å². The lowest BCUT2D eigenvalue weighted by molar-refractivity contribution is 1.16. The third-order valence-corrected chi connectivity index (χ3v) is 2.99. The van der Waals surface area contributed by atoms with E-state index in [9.17, 15) is 0 Å². The van der Waals surface area contributed by atoms with Crippen LogP contribution in [0.15, 0.2) is 35.5 Å². The first-order valence-corrected chi connectivity index (χ1v) is 5.84. The maximum atomic E-state index is 5.92. The molecule has 0 unspecified atom stereocenters. The van der Waals surface area contributed by atoms with Gasteiger partial charge in [0.2, 0.25) is 0 Å². The van der Waals surface area contributed by atoms with Crippen molar-refractivity contribution < 1.29 is 0 Å². The van der Waals surface area contributed by atoms with E-state index in [1.807, 2.05) is 24.4 Å². The van der Waals surface area contributed by atoms with Crippen LogP contribution in [0.2, 0.25) is 5.02 Å². The minimum absolute atomic E-state index is 0.774. The molecular formula is C11H10ClNS. The number of thioether (sulfide) groups is 1. The molecule has 0 amide bonds. The van der Waals surface area contributed by atoms with E-state index in [0.29, 0.717) is 0 Å². The van der Waals surface area contributed by atoms with Gasteiger partial charge < -0.3 is 0 Å². The molecule has 14 heavy (non-hydrogen) atoms. The van der Waals surface area contributed by atoms with Crippen molar-refractivity contribution in [2.45, 2.75) is 11.9 Å². The highest BCUT2D eigenvalue weighted by molar-refractivity contribution is 7.99. The largest absolute Gasteiger partial charge is 0.249 e. The molecule has 72 valence electrons. The number of fused-ring (bicyclic) bond motifs is 1. The van der Waals surface area contributed by atoms with Gasteiger partial charge in [0.15, 0.2) is 0 Å².